The fraction of sp³-hybridized carbons (Fsp3) is 0.105. The minimum Gasteiger partial charge on any atom is -0.506 e. The number of benzene rings is 2. The molecule has 1 aromatic heterocycles. The Balaban J connectivity index is 1.70. The molecule has 0 radical (unpaired) electrons. The third kappa shape index (κ3) is 3.94. The van der Waals surface area contributed by atoms with E-state index in [2.05, 4.69) is 5.32 Å². The molecule has 0 spiro atoms. The van der Waals surface area contributed by atoms with Gasteiger partial charge in [0.15, 0.2) is 0 Å². The van der Waals surface area contributed by atoms with Crippen molar-refractivity contribution in [3.05, 3.63) is 76.0 Å². The van der Waals surface area contributed by atoms with Crippen molar-refractivity contribution in [2.75, 3.05) is 5.32 Å². The predicted octanol–water partition coefficient (Wildman–Crippen LogP) is 4.59. The lowest BCUT2D eigenvalue weighted by atomic mass is 10.1. The fourth-order valence-corrected chi connectivity index (χ4v) is 2.84. The van der Waals surface area contributed by atoms with E-state index in [1.807, 2.05) is 30.5 Å². The second-order valence-electron chi connectivity index (χ2n) is 5.37. The second-order valence-corrected chi connectivity index (χ2v) is 6.40. The molecule has 1 amide bonds. The van der Waals surface area contributed by atoms with E-state index >= 15 is 0 Å². The number of aryl methyl sites for hydroxylation is 1. The number of hydrogen-bond acceptors (Lipinski definition) is 4. The number of phenolic OH excluding ortho intramolecular Hbond substituents is 1. The van der Waals surface area contributed by atoms with Crippen molar-refractivity contribution >= 4 is 22.9 Å². The lowest BCUT2D eigenvalue weighted by Gasteiger charge is -2.10. The van der Waals surface area contributed by atoms with E-state index in [-0.39, 0.29) is 11.7 Å². The standard InChI is InChI=1S/C19H17NO3S/c1-13-7-8-18(21)17(10-13)20-19(22)14-4-2-5-15(11-14)23-12-16-6-3-9-24-16/h2-11,21H,12H2,1H3,(H,20,22). The topological polar surface area (TPSA) is 58.6 Å². The predicted molar refractivity (Wildman–Crippen MR) is 95.9 cm³/mol. The monoisotopic (exact) mass is 339 g/mol. The first kappa shape index (κ1) is 16.1. The summed E-state index contributed by atoms with van der Waals surface area (Å²) in [4.78, 5) is 13.5. The highest BCUT2D eigenvalue weighted by atomic mass is 32.1. The number of rotatable bonds is 5. The van der Waals surface area contributed by atoms with Crippen molar-refractivity contribution in [3.63, 3.8) is 0 Å². The first-order valence-corrected chi connectivity index (χ1v) is 8.36. The first-order chi connectivity index (χ1) is 11.6. The summed E-state index contributed by atoms with van der Waals surface area (Å²) in [5.74, 6) is 0.376. The summed E-state index contributed by atoms with van der Waals surface area (Å²) >= 11 is 1.63. The third-order valence-electron chi connectivity index (χ3n) is 3.46. The van der Waals surface area contributed by atoms with Gasteiger partial charge in [0.25, 0.3) is 5.91 Å². The number of ether oxygens (including phenoxy) is 1. The number of hydrogen-bond donors (Lipinski definition) is 2. The van der Waals surface area contributed by atoms with Crippen LogP contribution in [0.15, 0.2) is 60.0 Å². The van der Waals surface area contributed by atoms with Gasteiger partial charge in [-0.1, -0.05) is 18.2 Å². The molecule has 0 bridgehead atoms. The Morgan fingerprint density at radius 1 is 1.17 bits per heavy atom. The number of anilines is 1. The van der Waals surface area contributed by atoms with E-state index in [0.717, 1.165) is 10.4 Å². The third-order valence-corrected chi connectivity index (χ3v) is 4.31. The molecule has 0 saturated heterocycles. The van der Waals surface area contributed by atoms with Gasteiger partial charge in [0.2, 0.25) is 0 Å². The van der Waals surface area contributed by atoms with Crippen LogP contribution in [0.5, 0.6) is 11.5 Å². The number of nitrogens with one attached hydrogen (secondary N) is 1. The van der Waals surface area contributed by atoms with Gasteiger partial charge in [-0.05, 0) is 54.3 Å². The molecule has 122 valence electrons. The maximum atomic E-state index is 12.4. The summed E-state index contributed by atoms with van der Waals surface area (Å²) in [5.41, 5.74) is 1.82. The molecule has 1 heterocycles. The number of thiophene rings is 1. The van der Waals surface area contributed by atoms with E-state index in [9.17, 15) is 9.90 Å². The van der Waals surface area contributed by atoms with Crippen molar-refractivity contribution in [1.29, 1.82) is 0 Å². The van der Waals surface area contributed by atoms with Crippen LogP contribution in [0.3, 0.4) is 0 Å². The molecule has 4 nitrogen and oxygen atoms in total. The summed E-state index contributed by atoms with van der Waals surface area (Å²) in [6, 6.07) is 16.0. The summed E-state index contributed by atoms with van der Waals surface area (Å²) in [6.07, 6.45) is 0. The lowest BCUT2D eigenvalue weighted by molar-refractivity contribution is 0.102. The number of aromatic hydroxyl groups is 1. The molecule has 2 aromatic carbocycles. The fourth-order valence-electron chi connectivity index (χ4n) is 2.22. The zero-order valence-corrected chi connectivity index (χ0v) is 14.0. The van der Waals surface area contributed by atoms with Gasteiger partial charge in [0, 0.05) is 10.4 Å². The van der Waals surface area contributed by atoms with Gasteiger partial charge in [-0.2, -0.15) is 0 Å². The average molecular weight is 339 g/mol. The largest absolute Gasteiger partial charge is 0.506 e. The molecule has 0 aliphatic rings. The zero-order valence-electron chi connectivity index (χ0n) is 13.2. The Morgan fingerprint density at radius 3 is 2.83 bits per heavy atom. The molecule has 24 heavy (non-hydrogen) atoms. The van der Waals surface area contributed by atoms with E-state index in [1.165, 1.54) is 0 Å². The number of carbonyl (C=O) groups excluding carboxylic acids is 1. The second kappa shape index (κ2) is 7.19. The average Bonchev–Trinajstić information content (AvgIpc) is 3.10. The molecule has 5 heteroatoms. The van der Waals surface area contributed by atoms with Crippen LogP contribution in [0.1, 0.15) is 20.8 Å². The molecular formula is C19H17NO3S. The zero-order chi connectivity index (χ0) is 16.9. The van der Waals surface area contributed by atoms with Crippen LogP contribution >= 0.6 is 11.3 Å². The van der Waals surface area contributed by atoms with Crippen molar-refractivity contribution in [2.45, 2.75) is 13.5 Å². The van der Waals surface area contributed by atoms with Crippen LogP contribution in [0, 0.1) is 6.92 Å². The quantitative estimate of drug-likeness (QED) is 0.668. The van der Waals surface area contributed by atoms with E-state index in [1.54, 1.807) is 47.7 Å². The lowest BCUT2D eigenvalue weighted by Crippen LogP contribution is -2.12. The molecular weight excluding hydrogens is 322 g/mol. The van der Waals surface area contributed by atoms with Gasteiger partial charge < -0.3 is 15.2 Å². The van der Waals surface area contributed by atoms with Gasteiger partial charge in [-0.15, -0.1) is 11.3 Å². The van der Waals surface area contributed by atoms with E-state index < -0.39 is 0 Å². The van der Waals surface area contributed by atoms with Crippen molar-refractivity contribution < 1.29 is 14.6 Å². The van der Waals surface area contributed by atoms with Crippen LogP contribution < -0.4 is 10.1 Å². The molecule has 0 saturated carbocycles. The van der Waals surface area contributed by atoms with Crippen LogP contribution in [-0.2, 0) is 6.61 Å². The molecule has 3 rings (SSSR count). The van der Waals surface area contributed by atoms with Crippen LogP contribution in [0.4, 0.5) is 5.69 Å². The number of amides is 1. The van der Waals surface area contributed by atoms with Gasteiger partial charge >= 0.3 is 0 Å². The summed E-state index contributed by atoms with van der Waals surface area (Å²) in [7, 11) is 0. The molecule has 0 atom stereocenters. The summed E-state index contributed by atoms with van der Waals surface area (Å²) in [5, 5.41) is 14.6. The van der Waals surface area contributed by atoms with Crippen LogP contribution in [-0.4, -0.2) is 11.0 Å². The Kier molecular flexibility index (Phi) is 4.82. The molecule has 2 N–H and O–H groups in total. The van der Waals surface area contributed by atoms with Gasteiger partial charge in [0.1, 0.15) is 18.1 Å². The minimum atomic E-state index is -0.294. The number of phenols is 1. The molecule has 0 aliphatic carbocycles. The van der Waals surface area contributed by atoms with Crippen LogP contribution in [0.25, 0.3) is 0 Å². The molecule has 0 aliphatic heterocycles. The van der Waals surface area contributed by atoms with Crippen molar-refractivity contribution in [2.24, 2.45) is 0 Å². The highest BCUT2D eigenvalue weighted by molar-refractivity contribution is 7.09. The van der Waals surface area contributed by atoms with E-state index in [0.29, 0.717) is 23.6 Å². The SMILES string of the molecule is Cc1ccc(O)c(NC(=O)c2cccc(OCc3cccs3)c2)c1. The smallest absolute Gasteiger partial charge is 0.255 e. The molecule has 0 fully saturated rings. The van der Waals surface area contributed by atoms with Crippen molar-refractivity contribution in [1.82, 2.24) is 0 Å². The summed E-state index contributed by atoms with van der Waals surface area (Å²) < 4.78 is 5.72. The Bertz CT molecular complexity index is 844. The van der Waals surface area contributed by atoms with Gasteiger partial charge in [-0.25, -0.2) is 0 Å². The Hall–Kier alpha value is -2.79. The maximum Gasteiger partial charge on any atom is 0.255 e. The highest BCUT2D eigenvalue weighted by Gasteiger charge is 2.10. The van der Waals surface area contributed by atoms with Gasteiger partial charge in [-0.3, -0.25) is 4.79 Å². The minimum absolute atomic E-state index is 0.0408. The normalized spacial score (nSPS) is 10.4. The highest BCUT2D eigenvalue weighted by Crippen LogP contribution is 2.25. The van der Waals surface area contributed by atoms with E-state index in [4.69, 9.17) is 4.74 Å². The number of carbonyl (C=O) groups is 1. The van der Waals surface area contributed by atoms with Crippen molar-refractivity contribution in [3.8, 4) is 11.5 Å². The molecule has 3 aromatic rings. The Labute approximate surface area is 144 Å². The van der Waals surface area contributed by atoms with Gasteiger partial charge in [0.05, 0.1) is 5.69 Å². The van der Waals surface area contributed by atoms with Crippen LogP contribution in [0.2, 0.25) is 0 Å². The Morgan fingerprint density at radius 2 is 2.04 bits per heavy atom. The first-order valence-electron chi connectivity index (χ1n) is 7.48. The summed E-state index contributed by atoms with van der Waals surface area (Å²) in [6.45, 7) is 2.37. The maximum absolute atomic E-state index is 12.4. The molecule has 0 unspecified atom stereocenters.